The van der Waals surface area contributed by atoms with Gasteiger partial charge in [-0.3, -0.25) is 0 Å². The Labute approximate surface area is 184 Å². The highest BCUT2D eigenvalue weighted by molar-refractivity contribution is 9.10. The van der Waals surface area contributed by atoms with Crippen LogP contribution in [-0.4, -0.2) is 35.7 Å². The molecule has 0 aliphatic carbocycles. The van der Waals surface area contributed by atoms with Gasteiger partial charge in [-0.1, -0.05) is 0 Å². The minimum atomic E-state index is 0. The summed E-state index contributed by atoms with van der Waals surface area (Å²) < 4.78 is 14.4. The van der Waals surface area contributed by atoms with Gasteiger partial charge in [0, 0.05) is 48.9 Å². The number of aromatic nitrogens is 2. The van der Waals surface area contributed by atoms with E-state index in [0.717, 1.165) is 46.0 Å². The number of anilines is 1. The van der Waals surface area contributed by atoms with E-state index in [-0.39, 0.29) is 23.1 Å². The highest BCUT2D eigenvalue weighted by Crippen LogP contribution is 2.39. The van der Waals surface area contributed by atoms with Crippen LogP contribution < -0.4 is 14.4 Å². The molecule has 0 amide bonds. The highest BCUT2D eigenvalue weighted by atomic mass is 79.9. The van der Waals surface area contributed by atoms with E-state index in [1.807, 2.05) is 32.2 Å². The van der Waals surface area contributed by atoms with Crippen molar-refractivity contribution in [3.63, 3.8) is 0 Å². The minimum Gasteiger partial charge on any atom is -0.495 e. The molecule has 2 aromatic heterocycles. The molecule has 1 aromatic carbocycles. The van der Waals surface area contributed by atoms with Gasteiger partial charge in [-0.25, -0.2) is 4.98 Å². The van der Waals surface area contributed by atoms with Gasteiger partial charge in [0.25, 0.3) is 0 Å². The van der Waals surface area contributed by atoms with Crippen molar-refractivity contribution in [1.29, 1.82) is 0 Å². The molecule has 3 heterocycles. The van der Waals surface area contributed by atoms with Gasteiger partial charge in [-0.05, 0) is 54.8 Å². The average Bonchev–Trinajstić information content (AvgIpc) is 3.31. The molecule has 4 rings (SSSR count). The van der Waals surface area contributed by atoms with Gasteiger partial charge >= 0.3 is 0 Å². The summed E-state index contributed by atoms with van der Waals surface area (Å²) in [6, 6.07) is 8.26. The fourth-order valence-corrected chi connectivity index (χ4v) is 4.02. The molecule has 0 unspecified atom stereocenters. The summed E-state index contributed by atoms with van der Waals surface area (Å²) in [5, 5.41) is 0. The molecule has 3 aromatic rings. The van der Waals surface area contributed by atoms with E-state index in [1.54, 1.807) is 7.11 Å². The molecule has 0 N–H and O–H groups in total. The van der Waals surface area contributed by atoms with Crippen molar-refractivity contribution in [3.05, 3.63) is 41.1 Å². The summed E-state index contributed by atoms with van der Waals surface area (Å²) in [6.45, 7) is 6.29. The zero-order valence-corrected chi connectivity index (χ0v) is 19.6. The number of halogens is 2. The molecule has 0 spiro atoms. The molecule has 1 fully saturated rings. The third kappa shape index (κ3) is 4.15. The molecule has 1 aliphatic heterocycles. The zero-order chi connectivity index (χ0) is 19.0. The number of hydrogen-bond donors (Lipinski definition) is 0. The Morgan fingerprint density at radius 3 is 2.54 bits per heavy atom. The monoisotopic (exact) mass is 509 g/mol. The van der Waals surface area contributed by atoms with Crippen LogP contribution in [0.1, 0.15) is 26.7 Å². The molecule has 1 saturated heterocycles. The third-order valence-corrected chi connectivity index (χ3v) is 5.43. The smallest absolute Gasteiger partial charge is 0.139 e. The van der Waals surface area contributed by atoms with E-state index < -0.39 is 0 Å². The van der Waals surface area contributed by atoms with Gasteiger partial charge in [0.05, 0.1) is 23.4 Å². The first-order valence-corrected chi connectivity index (χ1v) is 10.1. The molecular formula is C21H25Br2N3O2. The zero-order valence-electron chi connectivity index (χ0n) is 16.3. The van der Waals surface area contributed by atoms with Crippen LogP contribution in [0.25, 0.3) is 16.9 Å². The van der Waals surface area contributed by atoms with Crippen LogP contribution in [0, 0.1) is 0 Å². The quantitative estimate of drug-likeness (QED) is 0.439. The van der Waals surface area contributed by atoms with Crippen molar-refractivity contribution < 1.29 is 9.47 Å². The summed E-state index contributed by atoms with van der Waals surface area (Å²) in [5.41, 5.74) is 4.01. The van der Waals surface area contributed by atoms with Gasteiger partial charge in [-0.15, -0.1) is 17.0 Å². The molecule has 5 nitrogen and oxygen atoms in total. The number of nitrogens with zero attached hydrogens (tertiary/aromatic N) is 3. The first-order chi connectivity index (χ1) is 13.0. The van der Waals surface area contributed by atoms with Crippen LogP contribution in [0.15, 0.2) is 41.1 Å². The van der Waals surface area contributed by atoms with E-state index in [4.69, 9.17) is 14.5 Å². The fourth-order valence-electron chi connectivity index (χ4n) is 3.52. The van der Waals surface area contributed by atoms with Crippen molar-refractivity contribution in [2.45, 2.75) is 32.8 Å². The molecule has 0 bridgehead atoms. The summed E-state index contributed by atoms with van der Waals surface area (Å²) in [7, 11) is 1.66. The Bertz CT molecular complexity index is 966. The number of rotatable bonds is 5. The van der Waals surface area contributed by atoms with Crippen molar-refractivity contribution in [1.82, 2.24) is 9.38 Å². The molecule has 0 radical (unpaired) electrons. The van der Waals surface area contributed by atoms with Gasteiger partial charge in [0.2, 0.25) is 0 Å². The maximum Gasteiger partial charge on any atom is 0.139 e. The Morgan fingerprint density at radius 2 is 1.86 bits per heavy atom. The number of benzene rings is 1. The Kier molecular flexibility index (Phi) is 6.55. The van der Waals surface area contributed by atoms with E-state index in [0.29, 0.717) is 0 Å². The Balaban J connectivity index is 0.00000225. The summed E-state index contributed by atoms with van der Waals surface area (Å²) >= 11 is 3.58. The lowest BCUT2D eigenvalue weighted by Gasteiger charge is -2.17. The van der Waals surface area contributed by atoms with E-state index in [2.05, 4.69) is 43.6 Å². The van der Waals surface area contributed by atoms with Gasteiger partial charge in [-0.2, -0.15) is 0 Å². The van der Waals surface area contributed by atoms with Crippen molar-refractivity contribution in [2.75, 3.05) is 25.1 Å². The van der Waals surface area contributed by atoms with E-state index in [1.165, 1.54) is 18.5 Å². The summed E-state index contributed by atoms with van der Waals surface area (Å²) in [6.07, 6.45) is 6.72. The first kappa shape index (κ1) is 21.0. The topological polar surface area (TPSA) is 39.0 Å². The lowest BCUT2D eigenvalue weighted by atomic mass is 10.1. The normalized spacial score (nSPS) is 13.8. The molecule has 7 heteroatoms. The maximum atomic E-state index is 6.04. The molecule has 0 saturated carbocycles. The number of fused-ring (bicyclic) bond motifs is 1. The van der Waals surface area contributed by atoms with Crippen LogP contribution in [0.5, 0.6) is 11.5 Å². The number of methoxy groups -OCH3 is 1. The second-order valence-electron chi connectivity index (χ2n) is 7.12. The second kappa shape index (κ2) is 8.74. The van der Waals surface area contributed by atoms with Gasteiger partial charge < -0.3 is 18.8 Å². The van der Waals surface area contributed by atoms with Crippen molar-refractivity contribution in [3.8, 4) is 22.8 Å². The van der Waals surface area contributed by atoms with E-state index in [9.17, 15) is 0 Å². The molecule has 150 valence electrons. The fraction of sp³-hybridized carbons (Fsp3) is 0.381. The number of ether oxygens (including phenoxy) is 2. The lowest BCUT2D eigenvalue weighted by Crippen LogP contribution is -2.17. The van der Waals surface area contributed by atoms with Gasteiger partial charge in [0.1, 0.15) is 17.1 Å². The Hall–Kier alpha value is -1.73. The SMILES string of the molecule is Br.COc1cc(OC(C)C)c(-c2cn3ccc(N4CCCC4)cc3n2)cc1Br. The average molecular weight is 511 g/mol. The number of imidazole rings is 1. The Morgan fingerprint density at radius 1 is 1.11 bits per heavy atom. The van der Waals surface area contributed by atoms with Crippen LogP contribution in [0.4, 0.5) is 5.69 Å². The largest absolute Gasteiger partial charge is 0.495 e. The number of hydrogen-bond acceptors (Lipinski definition) is 4. The van der Waals surface area contributed by atoms with Crippen LogP contribution in [-0.2, 0) is 0 Å². The molecule has 0 atom stereocenters. The van der Waals surface area contributed by atoms with Crippen LogP contribution >= 0.6 is 32.9 Å². The summed E-state index contributed by atoms with van der Waals surface area (Å²) in [4.78, 5) is 7.30. The highest BCUT2D eigenvalue weighted by Gasteiger charge is 2.17. The van der Waals surface area contributed by atoms with Crippen molar-refractivity contribution >= 4 is 44.2 Å². The molecule has 28 heavy (non-hydrogen) atoms. The van der Waals surface area contributed by atoms with E-state index >= 15 is 0 Å². The van der Waals surface area contributed by atoms with Crippen LogP contribution in [0.3, 0.4) is 0 Å². The second-order valence-corrected chi connectivity index (χ2v) is 7.97. The lowest BCUT2D eigenvalue weighted by molar-refractivity contribution is 0.242. The minimum absolute atomic E-state index is 0. The predicted octanol–water partition coefficient (Wildman–Crippen LogP) is 5.74. The number of pyridine rings is 1. The predicted molar refractivity (Wildman–Crippen MR) is 122 cm³/mol. The first-order valence-electron chi connectivity index (χ1n) is 9.33. The summed E-state index contributed by atoms with van der Waals surface area (Å²) in [5.74, 6) is 1.52. The van der Waals surface area contributed by atoms with Crippen LogP contribution in [0.2, 0.25) is 0 Å². The standard InChI is InChI=1S/C21H24BrN3O2.BrH/c1-14(2)27-19-12-20(26-3)17(22)11-16(19)18-13-25-9-6-15(10-21(25)23-18)24-7-4-5-8-24;/h6,9-14H,4-5,7-8H2,1-3H3;1H. The molecular weight excluding hydrogens is 486 g/mol. The maximum absolute atomic E-state index is 6.04. The van der Waals surface area contributed by atoms with Gasteiger partial charge in [0.15, 0.2) is 0 Å². The third-order valence-electron chi connectivity index (χ3n) is 4.81. The molecule has 1 aliphatic rings. The van der Waals surface area contributed by atoms with Crippen molar-refractivity contribution in [2.24, 2.45) is 0 Å².